The number of rotatable bonds is 9. The topological polar surface area (TPSA) is 9.86 Å². The number of benzene rings is 11. The second-order valence-corrected chi connectivity index (χ2v) is 21.8. The first-order valence-electron chi connectivity index (χ1n) is 23.8. The fourth-order valence-electron chi connectivity index (χ4n) is 11.3. The molecule has 2 aromatic heterocycles. The summed E-state index contributed by atoms with van der Waals surface area (Å²) < 4.78 is 5.09. The maximum absolute atomic E-state index is 2.82. The van der Waals surface area contributed by atoms with Crippen molar-refractivity contribution in [1.29, 1.82) is 0 Å². The van der Waals surface area contributed by atoms with E-state index in [1.807, 2.05) is 0 Å². The van der Waals surface area contributed by atoms with Crippen molar-refractivity contribution in [3.05, 3.63) is 279 Å². The van der Waals surface area contributed by atoms with Crippen LogP contribution in [0.4, 0.5) is 0 Å². The number of hydrogen-bond acceptors (Lipinski definition) is 0. The van der Waals surface area contributed by atoms with E-state index in [0.717, 1.165) is 16.9 Å². The Kier molecular flexibility index (Phi) is 9.88. The maximum atomic E-state index is 2.55. The normalized spacial score (nSPS) is 11.8. The van der Waals surface area contributed by atoms with Crippen LogP contribution in [0.3, 0.4) is 0 Å². The van der Waals surface area contributed by atoms with Gasteiger partial charge in [-0.25, -0.2) is 0 Å². The van der Waals surface area contributed by atoms with Crippen molar-refractivity contribution in [3.63, 3.8) is 0 Å². The van der Waals surface area contributed by atoms with E-state index in [1.54, 1.807) is 0 Å². The average Bonchev–Trinajstić information content (AvgIpc) is 3.96. The lowest BCUT2D eigenvalue weighted by atomic mass is 9.97. The zero-order chi connectivity index (χ0) is 45.7. The van der Waals surface area contributed by atoms with Gasteiger partial charge in [-0.15, -0.1) is 0 Å². The molecule has 13 rings (SSSR count). The third-order valence-electron chi connectivity index (χ3n) is 14.3. The Labute approximate surface area is 403 Å². The highest BCUT2D eigenvalue weighted by atomic mass is 28.3. The number of para-hydroxylation sites is 2. The smallest absolute Gasteiger partial charge is 0.179 e. The van der Waals surface area contributed by atoms with Crippen LogP contribution in [0.5, 0.6) is 0 Å². The molecule has 2 heterocycles. The van der Waals surface area contributed by atoms with E-state index in [2.05, 4.69) is 288 Å². The molecule has 0 atom stereocenters. The molecule has 0 bridgehead atoms. The molecule has 0 saturated heterocycles. The third kappa shape index (κ3) is 6.54. The summed E-state index contributed by atoms with van der Waals surface area (Å²) in [5, 5.41) is 10.3. The molecule has 0 aliphatic heterocycles. The Morgan fingerprint density at radius 2 is 0.739 bits per heavy atom. The van der Waals surface area contributed by atoms with Gasteiger partial charge in [0.1, 0.15) is 0 Å². The maximum Gasteiger partial charge on any atom is 0.179 e. The second kappa shape index (κ2) is 16.8. The first kappa shape index (κ1) is 40.5. The standard InChI is InChI=1S/C66H46N2Si/c1-7-22-47(23-8-1)48-38-40-51(41-39-48)67-65-57(50-26-11-3-12-27-50)35-21-36-59(65)64-56(49-24-9-2-10-25-49)43-45-63(66(64)67)68-61-37-20-19-34-58(61)60-46-55(42-44-62(60)68)69(52-28-13-4-14-29-52,53-30-15-5-16-31-53)54-32-17-6-18-33-54/h1-46H. The Hall–Kier alpha value is -8.76. The molecule has 0 aliphatic rings. The molecule has 0 spiro atoms. The van der Waals surface area contributed by atoms with Crippen LogP contribution in [0.1, 0.15) is 0 Å². The van der Waals surface area contributed by atoms with E-state index in [-0.39, 0.29) is 0 Å². The number of nitrogens with zero attached hydrogens (tertiary/aromatic N) is 2. The molecule has 11 aromatic carbocycles. The summed E-state index contributed by atoms with van der Waals surface area (Å²) in [4.78, 5) is 0. The minimum absolute atomic E-state index is 1.11. The lowest BCUT2D eigenvalue weighted by Crippen LogP contribution is -2.74. The van der Waals surface area contributed by atoms with Gasteiger partial charge in [-0.05, 0) is 78.9 Å². The van der Waals surface area contributed by atoms with Crippen molar-refractivity contribution in [2.75, 3.05) is 0 Å². The minimum atomic E-state index is -2.82. The lowest BCUT2D eigenvalue weighted by molar-refractivity contribution is 1.13. The molecule has 69 heavy (non-hydrogen) atoms. The highest BCUT2D eigenvalue weighted by Crippen LogP contribution is 2.46. The molecule has 0 N–H and O–H groups in total. The molecule has 2 nitrogen and oxygen atoms in total. The number of hydrogen-bond donors (Lipinski definition) is 0. The number of fused-ring (bicyclic) bond motifs is 6. The van der Waals surface area contributed by atoms with Gasteiger partial charge in [0.2, 0.25) is 0 Å². The Bertz CT molecular complexity index is 3860. The zero-order valence-electron chi connectivity index (χ0n) is 38.0. The Morgan fingerprint density at radius 3 is 1.33 bits per heavy atom. The summed E-state index contributed by atoms with van der Waals surface area (Å²) in [6, 6.07) is 103. The first-order chi connectivity index (χ1) is 34.3. The molecule has 0 unspecified atom stereocenters. The highest BCUT2D eigenvalue weighted by Gasteiger charge is 2.41. The van der Waals surface area contributed by atoms with Crippen LogP contribution in [-0.2, 0) is 0 Å². The van der Waals surface area contributed by atoms with Crippen LogP contribution in [-0.4, -0.2) is 17.2 Å². The summed E-state index contributed by atoms with van der Waals surface area (Å²) >= 11 is 0. The van der Waals surface area contributed by atoms with Gasteiger partial charge in [0.15, 0.2) is 8.07 Å². The SMILES string of the molecule is c1ccc(-c2ccc(-n3c4c(-c5ccccc5)cccc4c4c(-c5ccccc5)ccc(-n5c6ccccc6c6cc([Si](c7ccccc7)(c7ccccc7)c7ccccc7)ccc65)c43)cc2)cc1. The van der Waals surface area contributed by atoms with E-state index in [9.17, 15) is 0 Å². The van der Waals surface area contributed by atoms with Crippen LogP contribution in [0.2, 0.25) is 0 Å². The van der Waals surface area contributed by atoms with Crippen molar-refractivity contribution < 1.29 is 0 Å². The van der Waals surface area contributed by atoms with Crippen LogP contribution in [0, 0.1) is 0 Å². The van der Waals surface area contributed by atoms with Gasteiger partial charge in [-0.3, -0.25) is 0 Å². The third-order valence-corrected chi connectivity index (χ3v) is 19.1. The average molecular weight is 895 g/mol. The van der Waals surface area contributed by atoms with Crippen molar-refractivity contribution in [2.24, 2.45) is 0 Å². The van der Waals surface area contributed by atoms with Crippen LogP contribution >= 0.6 is 0 Å². The summed E-state index contributed by atoms with van der Waals surface area (Å²) in [7, 11) is -2.82. The van der Waals surface area contributed by atoms with Crippen molar-refractivity contribution in [1.82, 2.24) is 9.13 Å². The molecule has 0 saturated carbocycles. The molecule has 0 amide bonds. The van der Waals surface area contributed by atoms with Gasteiger partial charge in [0, 0.05) is 32.8 Å². The predicted octanol–water partition coefficient (Wildman–Crippen LogP) is 14.3. The monoisotopic (exact) mass is 894 g/mol. The Balaban J connectivity index is 1.16. The molecule has 0 radical (unpaired) electrons. The molecular formula is C66H46N2Si. The molecule has 13 aromatic rings. The van der Waals surface area contributed by atoms with E-state index in [4.69, 9.17) is 0 Å². The quantitative estimate of drug-likeness (QED) is 0.101. The summed E-state index contributed by atoms with van der Waals surface area (Å²) in [5.74, 6) is 0. The number of aromatic nitrogens is 2. The molecule has 324 valence electrons. The van der Waals surface area contributed by atoms with Gasteiger partial charge in [0.25, 0.3) is 0 Å². The van der Waals surface area contributed by atoms with Gasteiger partial charge in [0.05, 0.1) is 27.8 Å². The van der Waals surface area contributed by atoms with Gasteiger partial charge in [-0.2, -0.15) is 0 Å². The molecule has 0 fully saturated rings. The van der Waals surface area contributed by atoms with Crippen molar-refractivity contribution >= 4 is 72.4 Å². The van der Waals surface area contributed by atoms with E-state index >= 15 is 0 Å². The summed E-state index contributed by atoms with van der Waals surface area (Å²) in [6.45, 7) is 0. The van der Waals surface area contributed by atoms with Gasteiger partial charge >= 0.3 is 0 Å². The van der Waals surface area contributed by atoms with E-state index in [0.29, 0.717) is 0 Å². The second-order valence-electron chi connectivity index (χ2n) is 18.0. The van der Waals surface area contributed by atoms with Crippen molar-refractivity contribution in [3.8, 4) is 44.8 Å². The molecule has 3 heteroatoms. The van der Waals surface area contributed by atoms with E-state index < -0.39 is 8.07 Å². The minimum Gasteiger partial charge on any atom is -0.307 e. The largest absolute Gasteiger partial charge is 0.307 e. The van der Waals surface area contributed by atoms with Crippen LogP contribution in [0.15, 0.2) is 279 Å². The summed E-state index contributed by atoms with van der Waals surface area (Å²) in [5.41, 5.74) is 14.1. The summed E-state index contributed by atoms with van der Waals surface area (Å²) in [6.07, 6.45) is 0. The van der Waals surface area contributed by atoms with Crippen LogP contribution in [0.25, 0.3) is 88.4 Å². The van der Waals surface area contributed by atoms with Crippen molar-refractivity contribution in [2.45, 2.75) is 0 Å². The zero-order valence-corrected chi connectivity index (χ0v) is 39.0. The Morgan fingerprint density at radius 1 is 0.261 bits per heavy atom. The van der Waals surface area contributed by atoms with Gasteiger partial charge < -0.3 is 9.13 Å². The molecule has 0 aliphatic carbocycles. The first-order valence-corrected chi connectivity index (χ1v) is 25.8. The lowest BCUT2D eigenvalue weighted by Gasteiger charge is -2.34. The fraction of sp³-hybridized carbons (Fsp3) is 0. The van der Waals surface area contributed by atoms with E-state index in [1.165, 1.54) is 92.2 Å². The highest BCUT2D eigenvalue weighted by molar-refractivity contribution is 7.20. The predicted molar refractivity (Wildman–Crippen MR) is 295 cm³/mol. The van der Waals surface area contributed by atoms with Gasteiger partial charge in [-0.1, -0.05) is 249 Å². The van der Waals surface area contributed by atoms with Crippen LogP contribution < -0.4 is 20.7 Å². The fourth-order valence-corrected chi connectivity index (χ4v) is 16.1. The molecular weight excluding hydrogens is 849 g/mol.